The van der Waals surface area contributed by atoms with Crippen molar-refractivity contribution in [2.45, 2.75) is 25.9 Å². The molecule has 1 aliphatic carbocycles. The molecule has 3 atom stereocenters. The van der Waals surface area contributed by atoms with Crippen LogP contribution < -0.4 is 11.1 Å². The van der Waals surface area contributed by atoms with Gasteiger partial charge >= 0.3 is 0 Å². The van der Waals surface area contributed by atoms with Crippen LogP contribution in [0, 0.1) is 17.7 Å². The monoisotopic (exact) mass is 308 g/mol. The Morgan fingerprint density at radius 2 is 2.09 bits per heavy atom. The molecule has 0 spiro atoms. The van der Waals surface area contributed by atoms with Crippen molar-refractivity contribution in [1.82, 2.24) is 5.32 Å². The van der Waals surface area contributed by atoms with Gasteiger partial charge in [-0.05, 0) is 37.5 Å². The maximum atomic E-state index is 12.9. The van der Waals surface area contributed by atoms with E-state index in [1.807, 2.05) is 6.92 Å². The number of halogens is 1. The topological polar surface area (TPSA) is 81.4 Å². The summed E-state index contributed by atoms with van der Waals surface area (Å²) in [6, 6.07) is 5.89. The molecule has 0 bridgehead atoms. The fourth-order valence-corrected chi connectivity index (χ4v) is 2.38. The normalized spacial score (nSPS) is 21.2. The van der Waals surface area contributed by atoms with Crippen molar-refractivity contribution < 1.29 is 18.7 Å². The molecule has 6 heteroatoms. The number of hydrogen-bond donors (Lipinski definition) is 2. The van der Waals surface area contributed by atoms with Crippen molar-refractivity contribution in [3.05, 3.63) is 35.6 Å². The van der Waals surface area contributed by atoms with Gasteiger partial charge in [0, 0.05) is 13.2 Å². The Hall–Kier alpha value is -1.95. The average molecular weight is 308 g/mol. The van der Waals surface area contributed by atoms with E-state index in [4.69, 9.17) is 10.5 Å². The molecule has 5 nitrogen and oxygen atoms in total. The minimum Gasteiger partial charge on any atom is -0.378 e. The van der Waals surface area contributed by atoms with Gasteiger partial charge in [-0.15, -0.1) is 0 Å². The van der Waals surface area contributed by atoms with E-state index in [1.54, 1.807) is 12.1 Å². The van der Waals surface area contributed by atoms with Crippen molar-refractivity contribution in [2.75, 3.05) is 13.2 Å². The van der Waals surface area contributed by atoms with Gasteiger partial charge in [-0.25, -0.2) is 4.39 Å². The van der Waals surface area contributed by atoms with E-state index in [1.165, 1.54) is 12.1 Å². The zero-order chi connectivity index (χ0) is 16.1. The van der Waals surface area contributed by atoms with Crippen LogP contribution in [0.15, 0.2) is 24.3 Å². The summed E-state index contributed by atoms with van der Waals surface area (Å²) in [5.41, 5.74) is 6.18. The second-order valence-corrected chi connectivity index (χ2v) is 5.51. The van der Waals surface area contributed by atoms with Gasteiger partial charge in [0.05, 0.1) is 17.9 Å². The van der Waals surface area contributed by atoms with E-state index in [2.05, 4.69) is 5.32 Å². The van der Waals surface area contributed by atoms with Crippen molar-refractivity contribution in [2.24, 2.45) is 17.6 Å². The molecule has 1 aromatic carbocycles. The molecule has 0 aromatic heterocycles. The molecule has 2 rings (SSSR count). The fourth-order valence-electron chi connectivity index (χ4n) is 2.38. The van der Waals surface area contributed by atoms with Crippen molar-refractivity contribution in [3.8, 4) is 0 Å². The lowest BCUT2D eigenvalue weighted by atomic mass is 9.98. The number of primary amides is 1. The molecule has 0 heterocycles. The summed E-state index contributed by atoms with van der Waals surface area (Å²) in [5.74, 6) is -1.56. The Labute approximate surface area is 129 Å². The molecule has 1 fully saturated rings. The van der Waals surface area contributed by atoms with Gasteiger partial charge in [-0.3, -0.25) is 9.59 Å². The largest absolute Gasteiger partial charge is 0.378 e. The number of nitrogens with one attached hydrogen (secondary N) is 1. The Bertz CT molecular complexity index is 533. The minimum atomic E-state index is -0.515. The molecule has 2 amide bonds. The van der Waals surface area contributed by atoms with Crippen molar-refractivity contribution in [1.29, 1.82) is 0 Å². The van der Waals surface area contributed by atoms with Crippen LogP contribution in [0.2, 0.25) is 0 Å². The van der Waals surface area contributed by atoms with Crippen molar-refractivity contribution >= 4 is 11.8 Å². The van der Waals surface area contributed by atoms with Gasteiger partial charge in [0.25, 0.3) is 0 Å². The lowest BCUT2D eigenvalue weighted by Gasteiger charge is -2.14. The predicted octanol–water partition coefficient (Wildman–Crippen LogP) is 1.01. The van der Waals surface area contributed by atoms with Crippen LogP contribution in [-0.4, -0.2) is 31.1 Å². The number of benzene rings is 1. The fraction of sp³-hybridized carbons (Fsp3) is 0.500. The van der Waals surface area contributed by atoms with E-state index < -0.39 is 11.8 Å². The van der Waals surface area contributed by atoms with Gasteiger partial charge in [0.15, 0.2) is 0 Å². The van der Waals surface area contributed by atoms with Gasteiger partial charge in [-0.2, -0.15) is 0 Å². The lowest BCUT2D eigenvalue weighted by molar-refractivity contribution is -0.124. The molecule has 1 saturated carbocycles. The summed E-state index contributed by atoms with van der Waals surface area (Å²) < 4.78 is 18.2. The predicted molar refractivity (Wildman–Crippen MR) is 79.3 cm³/mol. The molecular formula is C16H21FN2O3. The number of nitrogens with two attached hydrogens (primary N) is 1. The lowest BCUT2D eigenvalue weighted by Crippen LogP contribution is -2.38. The summed E-state index contributed by atoms with van der Waals surface area (Å²) in [7, 11) is 0. The molecule has 0 radical (unpaired) electrons. The first-order valence-corrected chi connectivity index (χ1v) is 7.44. The van der Waals surface area contributed by atoms with E-state index in [9.17, 15) is 14.0 Å². The number of amides is 2. The Morgan fingerprint density at radius 3 is 2.68 bits per heavy atom. The summed E-state index contributed by atoms with van der Waals surface area (Å²) in [4.78, 5) is 23.4. The minimum absolute atomic E-state index is 0.00544. The van der Waals surface area contributed by atoms with Crippen LogP contribution in [0.4, 0.5) is 4.39 Å². The maximum Gasteiger partial charge on any atom is 0.225 e. The number of carbonyl (C=O) groups excluding carboxylic acids is 2. The molecular weight excluding hydrogens is 287 g/mol. The first-order valence-electron chi connectivity index (χ1n) is 7.44. The maximum absolute atomic E-state index is 12.9. The zero-order valence-corrected chi connectivity index (χ0v) is 12.5. The van der Waals surface area contributed by atoms with Crippen LogP contribution in [-0.2, 0) is 20.7 Å². The number of hydrogen-bond acceptors (Lipinski definition) is 3. The Morgan fingerprint density at radius 1 is 1.41 bits per heavy atom. The summed E-state index contributed by atoms with van der Waals surface area (Å²) in [6.07, 6.45) is 1.09. The van der Waals surface area contributed by atoms with E-state index in [0.29, 0.717) is 13.0 Å². The third-order valence-electron chi connectivity index (χ3n) is 3.77. The summed E-state index contributed by atoms with van der Waals surface area (Å²) >= 11 is 0. The van der Waals surface area contributed by atoms with Gasteiger partial charge in [0.1, 0.15) is 5.82 Å². The highest BCUT2D eigenvalue weighted by Gasteiger charge is 2.43. The first kappa shape index (κ1) is 16.4. The number of rotatable bonds is 8. The van der Waals surface area contributed by atoms with Gasteiger partial charge in [0.2, 0.25) is 11.8 Å². The van der Waals surface area contributed by atoms with Crippen LogP contribution in [0.1, 0.15) is 18.9 Å². The van der Waals surface area contributed by atoms with Crippen LogP contribution >= 0.6 is 0 Å². The summed E-state index contributed by atoms with van der Waals surface area (Å²) in [6.45, 7) is 2.66. The standard InChI is InChI=1S/C16H21FN2O3/c1-2-22-14-8-13(14)16(21)19-9-11(15(18)20)7-10-3-5-12(17)6-4-10/h3-6,11,13-14H,2,7-9H2,1H3,(H2,18,20)(H,19,21)/t11-,13-,14-/m1/s1. The number of ether oxygens (including phenoxy) is 1. The van der Waals surface area contributed by atoms with Crippen LogP contribution in [0.25, 0.3) is 0 Å². The Kier molecular flexibility index (Phi) is 5.49. The van der Waals surface area contributed by atoms with Crippen molar-refractivity contribution in [3.63, 3.8) is 0 Å². The van der Waals surface area contributed by atoms with Gasteiger partial charge in [-0.1, -0.05) is 12.1 Å². The molecule has 0 unspecified atom stereocenters. The summed E-state index contributed by atoms with van der Waals surface area (Å²) in [5, 5.41) is 2.75. The third-order valence-corrected chi connectivity index (χ3v) is 3.77. The van der Waals surface area contributed by atoms with Crippen LogP contribution in [0.5, 0.6) is 0 Å². The van der Waals surface area contributed by atoms with E-state index in [0.717, 1.165) is 12.0 Å². The third kappa shape index (κ3) is 4.53. The smallest absolute Gasteiger partial charge is 0.225 e. The molecule has 22 heavy (non-hydrogen) atoms. The van der Waals surface area contributed by atoms with Crippen LogP contribution in [0.3, 0.4) is 0 Å². The first-order chi connectivity index (χ1) is 10.5. The molecule has 3 N–H and O–H groups in total. The second kappa shape index (κ2) is 7.35. The highest BCUT2D eigenvalue weighted by molar-refractivity contribution is 5.83. The zero-order valence-electron chi connectivity index (χ0n) is 12.5. The number of carbonyl (C=O) groups is 2. The highest BCUT2D eigenvalue weighted by Crippen LogP contribution is 2.33. The molecule has 0 saturated heterocycles. The second-order valence-electron chi connectivity index (χ2n) is 5.51. The average Bonchev–Trinajstić information content (AvgIpc) is 3.24. The Balaban J connectivity index is 1.83. The molecule has 120 valence electrons. The highest BCUT2D eigenvalue weighted by atomic mass is 19.1. The quantitative estimate of drug-likeness (QED) is 0.752. The molecule has 1 aliphatic rings. The van der Waals surface area contributed by atoms with E-state index in [-0.39, 0.29) is 30.3 Å². The molecule has 0 aliphatic heterocycles. The van der Waals surface area contributed by atoms with Gasteiger partial charge < -0.3 is 15.8 Å². The SMILES string of the molecule is CCO[C@@H]1C[C@H]1C(=O)NC[C@@H](Cc1ccc(F)cc1)C(N)=O. The molecule has 1 aromatic rings. The van der Waals surface area contributed by atoms with E-state index >= 15 is 0 Å².